The molecular weight excluding hydrogens is 316 g/mol. The summed E-state index contributed by atoms with van der Waals surface area (Å²) in [5.74, 6) is -0.611. The van der Waals surface area contributed by atoms with Crippen LogP contribution in [-0.4, -0.2) is 41.1 Å². The first-order chi connectivity index (χ1) is 11.0. The van der Waals surface area contributed by atoms with Gasteiger partial charge in [-0.25, -0.2) is 4.79 Å². The highest BCUT2D eigenvalue weighted by atomic mass is 35.5. The van der Waals surface area contributed by atoms with Gasteiger partial charge >= 0.3 is 12.0 Å². The lowest BCUT2D eigenvalue weighted by Crippen LogP contribution is -2.51. The molecule has 1 aromatic carbocycles. The van der Waals surface area contributed by atoms with E-state index in [1.165, 1.54) is 5.56 Å². The lowest BCUT2D eigenvalue weighted by atomic mass is 9.76. The Hall–Kier alpha value is -1.75. The Balaban J connectivity index is 1.43. The second-order valence-electron chi connectivity index (χ2n) is 6.47. The van der Waals surface area contributed by atoms with Crippen molar-refractivity contribution in [3.8, 4) is 0 Å². The largest absolute Gasteiger partial charge is 0.481 e. The summed E-state index contributed by atoms with van der Waals surface area (Å²) < 4.78 is 0. The third-order valence-corrected chi connectivity index (χ3v) is 5.15. The third kappa shape index (κ3) is 3.78. The van der Waals surface area contributed by atoms with Gasteiger partial charge in [-0.3, -0.25) is 4.79 Å². The fourth-order valence-corrected chi connectivity index (χ4v) is 3.56. The Morgan fingerprint density at radius 2 is 1.91 bits per heavy atom. The Morgan fingerprint density at radius 1 is 1.22 bits per heavy atom. The number of likely N-dealkylation sites (tertiary alicyclic amines) is 1. The molecule has 0 bridgehead atoms. The van der Waals surface area contributed by atoms with E-state index in [-0.39, 0.29) is 18.0 Å². The number of nitrogens with zero attached hydrogens (tertiary/aromatic N) is 1. The number of aliphatic carboxylic acids is 1. The van der Waals surface area contributed by atoms with Crippen molar-refractivity contribution < 1.29 is 14.7 Å². The number of piperidine rings is 1. The fraction of sp³-hybridized carbons (Fsp3) is 0.529. The molecule has 2 amide bonds. The van der Waals surface area contributed by atoms with Crippen molar-refractivity contribution in [3.05, 3.63) is 34.9 Å². The van der Waals surface area contributed by atoms with Gasteiger partial charge in [-0.2, -0.15) is 0 Å². The van der Waals surface area contributed by atoms with Gasteiger partial charge < -0.3 is 15.3 Å². The fourth-order valence-electron chi connectivity index (χ4n) is 3.36. The molecule has 2 fully saturated rings. The van der Waals surface area contributed by atoms with E-state index in [1.54, 1.807) is 4.90 Å². The van der Waals surface area contributed by atoms with E-state index >= 15 is 0 Å². The van der Waals surface area contributed by atoms with E-state index in [9.17, 15) is 9.59 Å². The van der Waals surface area contributed by atoms with Gasteiger partial charge in [-0.15, -0.1) is 0 Å². The summed E-state index contributed by atoms with van der Waals surface area (Å²) in [5.41, 5.74) is 1.23. The minimum absolute atomic E-state index is 0.0663. The van der Waals surface area contributed by atoms with Gasteiger partial charge in [0.15, 0.2) is 0 Å². The molecule has 0 radical (unpaired) electrons. The molecule has 1 heterocycles. The molecule has 0 unspecified atom stereocenters. The first-order valence-electron chi connectivity index (χ1n) is 8.06. The second kappa shape index (κ2) is 6.79. The van der Waals surface area contributed by atoms with Gasteiger partial charge in [-0.1, -0.05) is 23.7 Å². The molecule has 23 heavy (non-hydrogen) atoms. The Kier molecular flexibility index (Phi) is 4.76. The summed E-state index contributed by atoms with van der Waals surface area (Å²) in [6.07, 6.45) is 2.94. The molecule has 6 heteroatoms. The van der Waals surface area contributed by atoms with E-state index in [0.29, 0.717) is 31.8 Å². The molecule has 0 aromatic heterocycles. The molecule has 0 atom stereocenters. The maximum absolute atomic E-state index is 12.2. The molecule has 1 saturated heterocycles. The van der Waals surface area contributed by atoms with Crippen LogP contribution in [0.1, 0.15) is 37.2 Å². The zero-order valence-corrected chi connectivity index (χ0v) is 13.6. The van der Waals surface area contributed by atoms with Crippen LogP contribution in [0, 0.1) is 5.92 Å². The molecule has 1 saturated carbocycles. The lowest BCUT2D eigenvalue weighted by molar-refractivity contribution is -0.143. The Morgan fingerprint density at radius 3 is 2.52 bits per heavy atom. The quantitative estimate of drug-likeness (QED) is 0.891. The number of benzene rings is 1. The highest BCUT2D eigenvalue weighted by molar-refractivity contribution is 6.30. The number of halogens is 1. The second-order valence-corrected chi connectivity index (χ2v) is 6.91. The number of hydrogen-bond acceptors (Lipinski definition) is 2. The van der Waals surface area contributed by atoms with Crippen LogP contribution in [0.15, 0.2) is 24.3 Å². The van der Waals surface area contributed by atoms with Gasteiger partial charge in [0.2, 0.25) is 0 Å². The van der Waals surface area contributed by atoms with Gasteiger partial charge in [0, 0.05) is 24.2 Å². The van der Waals surface area contributed by atoms with Crippen molar-refractivity contribution in [2.24, 2.45) is 5.92 Å². The average Bonchev–Trinajstić information content (AvgIpc) is 2.50. The van der Waals surface area contributed by atoms with Gasteiger partial charge in [0.1, 0.15) is 0 Å². The van der Waals surface area contributed by atoms with Crippen molar-refractivity contribution in [1.82, 2.24) is 10.2 Å². The molecule has 1 aliphatic carbocycles. The van der Waals surface area contributed by atoms with Crippen molar-refractivity contribution in [2.45, 2.75) is 37.6 Å². The van der Waals surface area contributed by atoms with E-state index in [1.807, 2.05) is 18.2 Å². The number of carbonyl (C=O) groups is 2. The van der Waals surface area contributed by atoms with Crippen molar-refractivity contribution in [2.75, 3.05) is 13.1 Å². The molecule has 1 aliphatic heterocycles. The summed E-state index contributed by atoms with van der Waals surface area (Å²) >= 11 is 6.01. The lowest BCUT2D eigenvalue weighted by Gasteiger charge is -2.38. The number of urea groups is 1. The molecule has 5 nitrogen and oxygen atoms in total. The first-order valence-corrected chi connectivity index (χ1v) is 8.44. The van der Waals surface area contributed by atoms with Crippen LogP contribution in [0.2, 0.25) is 5.02 Å². The maximum Gasteiger partial charge on any atom is 0.317 e. The topological polar surface area (TPSA) is 69.6 Å². The number of amides is 2. The summed E-state index contributed by atoms with van der Waals surface area (Å²) in [6.45, 7) is 1.04. The Bertz CT molecular complexity index is 593. The van der Waals surface area contributed by atoms with E-state index < -0.39 is 5.97 Å². The zero-order valence-electron chi connectivity index (χ0n) is 12.9. The van der Waals surface area contributed by atoms with Crippen molar-refractivity contribution >= 4 is 23.6 Å². The van der Waals surface area contributed by atoms with Gasteiger partial charge in [0.05, 0.1) is 5.92 Å². The van der Waals surface area contributed by atoms with Crippen LogP contribution in [0.3, 0.4) is 0 Å². The highest BCUT2D eigenvalue weighted by Gasteiger charge is 2.33. The predicted octanol–water partition coefficient (Wildman–Crippen LogP) is 3.09. The first kappa shape index (κ1) is 16.1. The number of hydrogen-bond donors (Lipinski definition) is 2. The molecule has 0 spiro atoms. The molecule has 3 rings (SSSR count). The van der Waals surface area contributed by atoms with Gasteiger partial charge in [0.25, 0.3) is 0 Å². The van der Waals surface area contributed by atoms with E-state index in [2.05, 4.69) is 11.4 Å². The predicted molar refractivity (Wildman–Crippen MR) is 87.7 cm³/mol. The number of rotatable bonds is 3. The molecule has 124 valence electrons. The van der Waals surface area contributed by atoms with Crippen LogP contribution < -0.4 is 5.32 Å². The minimum Gasteiger partial charge on any atom is -0.481 e. The minimum atomic E-state index is -0.756. The number of carboxylic acid groups (broad SMARTS) is 1. The number of carboxylic acids is 1. The zero-order chi connectivity index (χ0) is 16.4. The van der Waals surface area contributed by atoms with Gasteiger partial charge in [-0.05, 0) is 49.3 Å². The summed E-state index contributed by atoms with van der Waals surface area (Å²) in [7, 11) is 0. The van der Waals surface area contributed by atoms with Crippen LogP contribution >= 0.6 is 11.6 Å². The molecule has 1 aromatic rings. The molecular formula is C17H21ClN2O3. The number of nitrogens with one attached hydrogen (secondary N) is 1. The third-order valence-electron chi connectivity index (χ3n) is 4.92. The molecule has 2 N–H and O–H groups in total. The Labute approximate surface area is 140 Å². The van der Waals surface area contributed by atoms with Crippen LogP contribution in [-0.2, 0) is 4.79 Å². The van der Waals surface area contributed by atoms with Crippen LogP contribution in [0.5, 0.6) is 0 Å². The monoisotopic (exact) mass is 336 g/mol. The molecule has 2 aliphatic rings. The maximum atomic E-state index is 12.2. The normalized spacial score (nSPS) is 24.8. The van der Waals surface area contributed by atoms with E-state index in [4.69, 9.17) is 16.7 Å². The summed E-state index contributed by atoms with van der Waals surface area (Å²) in [6, 6.07) is 8.01. The number of carbonyl (C=O) groups excluding carboxylic acids is 1. The standard InChI is InChI=1S/C17H21ClN2O3/c18-14-3-1-2-12(8-14)13-9-15(10-13)19-17(23)20-6-4-11(5-7-20)16(21)22/h1-3,8,11,13,15H,4-7,9-10H2,(H,19,23)(H,21,22). The summed E-state index contributed by atoms with van der Waals surface area (Å²) in [4.78, 5) is 24.9. The van der Waals surface area contributed by atoms with E-state index in [0.717, 1.165) is 17.9 Å². The average molecular weight is 337 g/mol. The van der Waals surface area contributed by atoms with Crippen molar-refractivity contribution in [1.29, 1.82) is 0 Å². The van der Waals surface area contributed by atoms with Crippen molar-refractivity contribution in [3.63, 3.8) is 0 Å². The highest BCUT2D eigenvalue weighted by Crippen LogP contribution is 2.37. The smallest absolute Gasteiger partial charge is 0.317 e. The van der Waals surface area contributed by atoms with Crippen LogP contribution in [0.4, 0.5) is 4.79 Å². The summed E-state index contributed by atoms with van der Waals surface area (Å²) in [5, 5.41) is 12.8. The van der Waals surface area contributed by atoms with Crippen LogP contribution in [0.25, 0.3) is 0 Å². The SMILES string of the molecule is O=C(O)C1CCN(C(=O)NC2CC(c3cccc(Cl)c3)C2)CC1.